The van der Waals surface area contributed by atoms with Crippen LogP contribution in [0, 0.1) is 16.0 Å². The van der Waals surface area contributed by atoms with Crippen LogP contribution in [0.1, 0.15) is 58.4 Å². The summed E-state index contributed by atoms with van der Waals surface area (Å²) in [6.45, 7) is 4.97. The number of non-ortho nitro benzene ring substituents is 1. The first-order valence-electron chi connectivity index (χ1n) is 16.5. The van der Waals surface area contributed by atoms with Gasteiger partial charge >= 0.3 is 5.97 Å². The van der Waals surface area contributed by atoms with Crippen LogP contribution in [0.4, 0.5) is 11.4 Å². The first-order valence-corrected chi connectivity index (χ1v) is 16.5. The van der Waals surface area contributed by atoms with Gasteiger partial charge in [-0.25, -0.2) is 0 Å². The molecule has 2 aromatic carbocycles. The molecule has 5 atom stereocenters. The Morgan fingerprint density at radius 1 is 0.731 bits per heavy atom. The number of carbonyl (C=O) groups excluding carboxylic acids is 6. The van der Waals surface area contributed by atoms with E-state index in [0.29, 0.717) is 5.56 Å². The Bertz CT molecular complexity index is 1590. The second-order valence-electron chi connectivity index (χ2n) is 12.6. The maximum Gasteiger partial charge on any atom is 0.303 e. The molecule has 6 amide bonds. The van der Waals surface area contributed by atoms with E-state index in [1.165, 1.54) is 31.2 Å². The van der Waals surface area contributed by atoms with E-state index in [1.807, 2.05) is 0 Å². The zero-order valence-electron chi connectivity index (χ0n) is 29.1. The Morgan fingerprint density at radius 3 is 1.87 bits per heavy atom. The summed E-state index contributed by atoms with van der Waals surface area (Å²) >= 11 is 0. The fourth-order valence-corrected chi connectivity index (χ4v) is 4.85. The van der Waals surface area contributed by atoms with Gasteiger partial charge in [-0.3, -0.25) is 43.7 Å². The molecule has 18 heteroatoms. The molecule has 0 bridgehead atoms. The van der Waals surface area contributed by atoms with Crippen molar-refractivity contribution in [2.24, 2.45) is 17.4 Å². The van der Waals surface area contributed by atoms with Crippen LogP contribution < -0.4 is 38.1 Å². The number of hydrogen-bond donors (Lipinski definition) is 8. The molecule has 0 heterocycles. The number of carboxylic acid groups (broad SMARTS) is 1. The average molecular weight is 727 g/mol. The number of nitrogens with zero attached hydrogens (tertiary/aromatic N) is 1. The quantitative estimate of drug-likeness (QED) is 0.0637. The number of carboxylic acids is 1. The van der Waals surface area contributed by atoms with E-state index >= 15 is 0 Å². The Morgan fingerprint density at radius 2 is 1.31 bits per heavy atom. The second-order valence-corrected chi connectivity index (χ2v) is 12.6. The molecule has 52 heavy (non-hydrogen) atoms. The van der Waals surface area contributed by atoms with Crippen LogP contribution in [0.15, 0.2) is 54.6 Å². The number of aliphatic carboxylic acids is 1. The number of hydrogen-bond acceptors (Lipinski definition) is 10. The average Bonchev–Trinajstić information content (AvgIpc) is 3.08. The highest BCUT2D eigenvalue weighted by molar-refractivity contribution is 5.99. The number of amides is 6. The van der Waals surface area contributed by atoms with Gasteiger partial charge in [0.1, 0.15) is 24.2 Å². The van der Waals surface area contributed by atoms with Crippen molar-refractivity contribution in [3.05, 3.63) is 70.3 Å². The number of nitro benzene ring substituents is 1. The molecule has 0 spiro atoms. The minimum absolute atomic E-state index is 0.0338. The molecular formula is C34H46N8O10. The van der Waals surface area contributed by atoms with E-state index < -0.39 is 76.5 Å². The monoisotopic (exact) mass is 726 g/mol. The summed E-state index contributed by atoms with van der Waals surface area (Å²) in [6.07, 6.45) is -0.888. The van der Waals surface area contributed by atoms with E-state index in [-0.39, 0.29) is 55.8 Å². The van der Waals surface area contributed by atoms with Crippen LogP contribution in [0.5, 0.6) is 0 Å². The zero-order valence-corrected chi connectivity index (χ0v) is 29.1. The van der Waals surface area contributed by atoms with Gasteiger partial charge in [0.2, 0.25) is 35.4 Å². The van der Waals surface area contributed by atoms with Crippen molar-refractivity contribution >= 4 is 52.8 Å². The summed E-state index contributed by atoms with van der Waals surface area (Å²) in [5.41, 5.74) is 11.7. The van der Waals surface area contributed by atoms with Gasteiger partial charge in [-0.1, -0.05) is 44.2 Å². The molecule has 0 fully saturated rings. The van der Waals surface area contributed by atoms with Crippen LogP contribution in [-0.2, 0) is 40.0 Å². The number of anilines is 1. The van der Waals surface area contributed by atoms with E-state index in [2.05, 4.69) is 26.6 Å². The number of nitro groups is 1. The molecule has 0 saturated heterocycles. The Hall–Kier alpha value is -5.91. The Kier molecular flexibility index (Phi) is 16.8. The topological polar surface area (TPSA) is 295 Å². The van der Waals surface area contributed by atoms with Gasteiger partial charge in [-0.05, 0) is 49.8 Å². The molecule has 18 nitrogen and oxygen atoms in total. The van der Waals surface area contributed by atoms with Gasteiger partial charge in [0.25, 0.3) is 5.69 Å². The molecule has 2 rings (SSSR count). The van der Waals surface area contributed by atoms with Gasteiger partial charge in [-0.2, -0.15) is 0 Å². The molecule has 2 aromatic rings. The number of nitrogens with one attached hydrogen (secondary N) is 5. The molecule has 0 aromatic heterocycles. The maximum absolute atomic E-state index is 13.8. The number of benzene rings is 2. The van der Waals surface area contributed by atoms with Crippen molar-refractivity contribution in [2.45, 2.75) is 89.5 Å². The fourth-order valence-electron chi connectivity index (χ4n) is 4.85. The number of rotatable bonds is 21. The largest absolute Gasteiger partial charge is 0.481 e. The van der Waals surface area contributed by atoms with Gasteiger partial charge < -0.3 is 43.2 Å². The minimum Gasteiger partial charge on any atom is -0.481 e. The third-order valence-electron chi connectivity index (χ3n) is 7.67. The van der Waals surface area contributed by atoms with Gasteiger partial charge in [0, 0.05) is 37.1 Å². The van der Waals surface area contributed by atoms with Gasteiger partial charge in [0.15, 0.2) is 0 Å². The Balaban J connectivity index is 2.27. The van der Waals surface area contributed by atoms with Crippen molar-refractivity contribution in [1.82, 2.24) is 21.3 Å². The van der Waals surface area contributed by atoms with Crippen molar-refractivity contribution in [3.63, 3.8) is 0 Å². The molecule has 5 unspecified atom stereocenters. The smallest absolute Gasteiger partial charge is 0.303 e. The van der Waals surface area contributed by atoms with Crippen LogP contribution in [-0.4, -0.2) is 81.7 Å². The summed E-state index contributed by atoms with van der Waals surface area (Å²) in [5, 5.41) is 32.6. The van der Waals surface area contributed by atoms with E-state index in [4.69, 9.17) is 16.6 Å². The van der Waals surface area contributed by atoms with Crippen molar-refractivity contribution in [1.29, 1.82) is 0 Å². The summed E-state index contributed by atoms with van der Waals surface area (Å²) in [4.78, 5) is 99.1. The molecule has 10 N–H and O–H groups in total. The van der Waals surface area contributed by atoms with Crippen LogP contribution >= 0.6 is 0 Å². The van der Waals surface area contributed by atoms with Crippen LogP contribution in [0.3, 0.4) is 0 Å². The predicted octanol–water partition coefficient (Wildman–Crippen LogP) is 0.239. The van der Waals surface area contributed by atoms with E-state index in [1.54, 1.807) is 44.2 Å². The summed E-state index contributed by atoms with van der Waals surface area (Å²) < 4.78 is 0. The summed E-state index contributed by atoms with van der Waals surface area (Å²) in [6, 6.07) is 7.49. The predicted molar refractivity (Wildman–Crippen MR) is 188 cm³/mol. The molecule has 0 aliphatic rings. The lowest BCUT2D eigenvalue weighted by molar-refractivity contribution is -0.384. The molecular weight excluding hydrogens is 680 g/mol. The summed E-state index contributed by atoms with van der Waals surface area (Å²) in [5.74, 6) is -5.77. The van der Waals surface area contributed by atoms with Crippen molar-refractivity contribution in [2.75, 3.05) is 5.32 Å². The third-order valence-corrected chi connectivity index (χ3v) is 7.67. The molecule has 282 valence electrons. The van der Waals surface area contributed by atoms with Gasteiger partial charge in [-0.15, -0.1) is 0 Å². The first kappa shape index (κ1) is 42.3. The molecule has 0 saturated carbocycles. The van der Waals surface area contributed by atoms with Crippen molar-refractivity contribution < 1.29 is 43.6 Å². The lowest BCUT2D eigenvalue weighted by Crippen LogP contribution is -2.58. The Labute approximate surface area is 300 Å². The van der Waals surface area contributed by atoms with E-state index in [9.17, 15) is 43.7 Å². The molecule has 0 aliphatic heterocycles. The number of primary amides is 1. The standard InChI is InChI=1S/C34H46N8O10/c1-19(2)17-26(40-30(46)20(3)37-31(47)24(35)13-16-29(44)45)33(49)41-27(18-21-7-5-4-6-8-21)34(50)39-25(14-15-28(36)43)32(48)38-22-9-11-23(12-10-22)42(51)52/h4-12,19-20,24-27H,13-18,35H2,1-3H3,(H2,36,43)(H,37,47)(H,38,48)(H,39,50)(H,40,46)(H,41,49)(H,44,45). The zero-order chi connectivity index (χ0) is 39.0. The fraction of sp³-hybridized carbons (Fsp3) is 0.441. The van der Waals surface area contributed by atoms with Crippen LogP contribution in [0.2, 0.25) is 0 Å². The normalized spacial score (nSPS) is 13.7. The SMILES string of the molecule is CC(C)CC(NC(=O)C(C)NC(=O)C(N)CCC(=O)O)C(=O)NC(Cc1ccccc1)C(=O)NC(CCC(N)=O)C(=O)Nc1ccc([N+](=O)[O-])cc1. The number of carbonyl (C=O) groups is 7. The first-order chi connectivity index (χ1) is 24.5. The number of nitrogens with two attached hydrogens (primary N) is 2. The van der Waals surface area contributed by atoms with Crippen molar-refractivity contribution in [3.8, 4) is 0 Å². The van der Waals surface area contributed by atoms with Crippen LogP contribution in [0.25, 0.3) is 0 Å². The third kappa shape index (κ3) is 14.9. The van der Waals surface area contributed by atoms with E-state index in [0.717, 1.165) is 0 Å². The maximum atomic E-state index is 13.8. The summed E-state index contributed by atoms with van der Waals surface area (Å²) in [7, 11) is 0. The highest BCUT2D eigenvalue weighted by Crippen LogP contribution is 2.16. The highest BCUT2D eigenvalue weighted by Gasteiger charge is 2.32. The lowest BCUT2D eigenvalue weighted by atomic mass is 10.00. The minimum atomic E-state index is -1.32. The lowest BCUT2D eigenvalue weighted by Gasteiger charge is -2.27. The molecule has 0 radical (unpaired) electrons. The highest BCUT2D eigenvalue weighted by atomic mass is 16.6. The molecule has 0 aliphatic carbocycles. The van der Waals surface area contributed by atoms with Gasteiger partial charge in [0.05, 0.1) is 11.0 Å². The second kappa shape index (κ2) is 20.7.